The van der Waals surface area contributed by atoms with E-state index >= 15 is 0 Å². The minimum atomic E-state index is 1.02. The summed E-state index contributed by atoms with van der Waals surface area (Å²) in [7, 11) is 0. The molecule has 0 saturated carbocycles. The van der Waals surface area contributed by atoms with Gasteiger partial charge in [0.25, 0.3) is 0 Å². The monoisotopic (exact) mass is 348 g/mol. The molecular formula is C22H24N2S. The Hall–Kier alpha value is -1.81. The topological polar surface area (TPSA) is 15.3 Å². The van der Waals surface area contributed by atoms with Crippen molar-refractivity contribution in [1.82, 2.24) is 10.2 Å². The zero-order valence-corrected chi connectivity index (χ0v) is 15.3. The number of rotatable bonds is 5. The van der Waals surface area contributed by atoms with E-state index in [9.17, 15) is 0 Å². The molecule has 1 fully saturated rings. The minimum absolute atomic E-state index is 1.02. The van der Waals surface area contributed by atoms with Crippen LogP contribution < -0.4 is 5.32 Å². The summed E-state index contributed by atoms with van der Waals surface area (Å²) in [6.45, 7) is 5.56. The van der Waals surface area contributed by atoms with Crippen LogP contribution >= 0.6 is 11.8 Å². The van der Waals surface area contributed by atoms with Gasteiger partial charge in [0, 0.05) is 43.4 Å². The van der Waals surface area contributed by atoms with Gasteiger partial charge in [0.1, 0.15) is 0 Å². The van der Waals surface area contributed by atoms with E-state index in [1.54, 1.807) is 0 Å². The van der Waals surface area contributed by atoms with Crippen LogP contribution in [0.15, 0.2) is 71.6 Å². The van der Waals surface area contributed by atoms with Crippen LogP contribution in [-0.4, -0.2) is 31.1 Å². The molecule has 128 valence electrons. The molecule has 0 unspecified atom stereocenters. The quantitative estimate of drug-likeness (QED) is 0.682. The third-order valence-electron chi connectivity index (χ3n) is 4.85. The molecule has 0 bridgehead atoms. The highest BCUT2D eigenvalue weighted by Gasteiger charge is 2.12. The van der Waals surface area contributed by atoms with E-state index in [4.69, 9.17) is 0 Å². The molecule has 0 aromatic heterocycles. The molecule has 4 rings (SSSR count). The summed E-state index contributed by atoms with van der Waals surface area (Å²) < 4.78 is 0. The lowest BCUT2D eigenvalue weighted by atomic mass is 10.1. The highest BCUT2D eigenvalue weighted by Crippen LogP contribution is 2.31. The Morgan fingerprint density at radius 3 is 2.40 bits per heavy atom. The maximum Gasteiger partial charge on any atom is 0.0237 e. The number of hydrogen-bond donors (Lipinski definition) is 1. The number of fused-ring (bicyclic) bond motifs is 1. The standard InChI is InChI=1S/C22H24N2S/c1-2-8-20(19(7-1)16-24-14-12-23-13-15-24)17-25-22-11-5-9-18-6-3-4-10-21(18)22/h1-11,23H,12-17H2. The molecule has 2 nitrogen and oxygen atoms in total. The fraction of sp³-hybridized carbons (Fsp3) is 0.273. The first kappa shape index (κ1) is 16.6. The Morgan fingerprint density at radius 2 is 1.52 bits per heavy atom. The van der Waals surface area contributed by atoms with Crippen LogP contribution in [0.3, 0.4) is 0 Å². The van der Waals surface area contributed by atoms with Gasteiger partial charge in [0.15, 0.2) is 0 Å². The van der Waals surface area contributed by atoms with Crippen molar-refractivity contribution in [3.05, 3.63) is 77.9 Å². The fourth-order valence-corrected chi connectivity index (χ4v) is 4.55. The Balaban J connectivity index is 1.51. The summed E-state index contributed by atoms with van der Waals surface area (Å²) in [5.74, 6) is 1.02. The molecule has 0 atom stereocenters. The summed E-state index contributed by atoms with van der Waals surface area (Å²) >= 11 is 1.95. The number of thioether (sulfide) groups is 1. The lowest BCUT2D eigenvalue weighted by molar-refractivity contribution is 0.233. The van der Waals surface area contributed by atoms with Gasteiger partial charge in [-0.2, -0.15) is 0 Å². The molecule has 1 saturated heterocycles. The number of nitrogens with zero attached hydrogens (tertiary/aromatic N) is 1. The van der Waals surface area contributed by atoms with Crippen molar-refractivity contribution >= 4 is 22.5 Å². The molecule has 3 heteroatoms. The van der Waals surface area contributed by atoms with Crippen molar-refractivity contribution in [3.63, 3.8) is 0 Å². The summed E-state index contributed by atoms with van der Waals surface area (Å²) in [6, 6.07) is 24.2. The third-order valence-corrected chi connectivity index (χ3v) is 5.98. The van der Waals surface area contributed by atoms with E-state index in [0.717, 1.165) is 38.5 Å². The van der Waals surface area contributed by atoms with Gasteiger partial charge in [-0.15, -0.1) is 11.8 Å². The van der Waals surface area contributed by atoms with Gasteiger partial charge in [0.05, 0.1) is 0 Å². The summed E-state index contributed by atoms with van der Waals surface area (Å²) in [6.07, 6.45) is 0. The highest BCUT2D eigenvalue weighted by atomic mass is 32.2. The maximum absolute atomic E-state index is 3.43. The van der Waals surface area contributed by atoms with Gasteiger partial charge in [0.2, 0.25) is 0 Å². The Morgan fingerprint density at radius 1 is 0.800 bits per heavy atom. The van der Waals surface area contributed by atoms with Crippen molar-refractivity contribution in [3.8, 4) is 0 Å². The summed E-state index contributed by atoms with van der Waals surface area (Å²) in [4.78, 5) is 3.92. The molecule has 0 radical (unpaired) electrons. The molecule has 3 aromatic carbocycles. The van der Waals surface area contributed by atoms with Crippen molar-refractivity contribution in [2.45, 2.75) is 17.2 Å². The molecule has 1 N–H and O–H groups in total. The van der Waals surface area contributed by atoms with Crippen LogP contribution in [0.5, 0.6) is 0 Å². The predicted molar refractivity (Wildman–Crippen MR) is 108 cm³/mol. The molecule has 25 heavy (non-hydrogen) atoms. The Bertz CT molecular complexity index is 835. The molecule has 0 aliphatic carbocycles. The smallest absolute Gasteiger partial charge is 0.0237 e. The number of hydrogen-bond acceptors (Lipinski definition) is 3. The molecule has 0 amide bonds. The summed E-state index contributed by atoms with van der Waals surface area (Å²) in [5.41, 5.74) is 2.93. The van der Waals surface area contributed by atoms with Crippen LogP contribution in [0.1, 0.15) is 11.1 Å². The number of piperazine rings is 1. The van der Waals surface area contributed by atoms with Gasteiger partial charge in [-0.1, -0.05) is 60.7 Å². The predicted octanol–water partition coefficient (Wildman–Crippen LogP) is 4.54. The molecule has 3 aromatic rings. The highest BCUT2D eigenvalue weighted by molar-refractivity contribution is 7.98. The Kier molecular flexibility index (Phi) is 5.36. The first-order chi connectivity index (χ1) is 12.4. The van der Waals surface area contributed by atoms with Crippen molar-refractivity contribution in [2.75, 3.05) is 26.2 Å². The SMILES string of the molecule is c1ccc(CN2CCNCC2)c(CSc2cccc3ccccc23)c1. The number of nitrogens with one attached hydrogen (secondary N) is 1. The van der Waals surface area contributed by atoms with E-state index in [-0.39, 0.29) is 0 Å². The van der Waals surface area contributed by atoms with Crippen molar-refractivity contribution in [1.29, 1.82) is 0 Å². The second kappa shape index (κ2) is 8.05. The van der Waals surface area contributed by atoms with Gasteiger partial charge in [-0.05, 0) is 28.0 Å². The van der Waals surface area contributed by atoms with E-state index in [1.165, 1.54) is 26.8 Å². The minimum Gasteiger partial charge on any atom is -0.314 e. The average molecular weight is 349 g/mol. The van der Waals surface area contributed by atoms with Crippen LogP contribution in [0.25, 0.3) is 10.8 Å². The molecule has 1 heterocycles. The molecule has 1 aliphatic heterocycles. The molecule has 0 spiro atoms. The van der Waals surface area contributed by atoms with Gasteiger partial charge in [-0.3, -0.25) is 4.90 Å². The zero-order valence-electron chi connectivity index (χ0n) is 14.4. The van der Waals surface area contributed by atoms with Gasteiger partial charge < -0.3 is 5.32 Å². The third kappa shape index (κ3) is 4.06. The molecular weight excluding hydrogens is 324 g/mol. The van der Waals surface area contributed by atoms with Crippen LogP contribution in [0.4, 0.5) is 0 Å². The fourth-order valence-electron chi connectivity index (χ4n) is 3.44. The van der Waals surface area contributed by atoms with Gasteiger partial charge >= 0.3 is 0 Å². The first-order valence-electron chi connectivity index (χ1n) is 9.00. The normalized spacial score (nSPS) is 15.5. The van der Waals surface area contributed by atoms with Crippen LogP contribution in [-0.2, 0) is 12.3 Å². The largest absolute Gasteiger partial charge is 0.314 e. The van der Waals surface area contributed by atoms with Crippen LogP contribution in [0.2, 0.25) is 0 Å². The second-order valence-corrected chi connectivity index (χ2v) is 7.58. The zero-order chi connectivity index (χ0) is 16.9. The maximum atomic E-state index is 3.43. The van der Waals surface area contributed by atoms with Gasteiger partial charge in [-0.25, -0.2) is 0 Å². The average Bonchev–Trinajstić information content (AvgIpc) is 2.68. The van der Waals surface area contributed by atoms with Crippen molar-refractivity contribution in [2.24, 2.45) is 0 Å². The summed E-state index contributed by atoms with van der Waals surface area (Å²) in [5, 5.41) is 6.11. The van der Waals surface area contributed by atoms with E-state index in [1.807, 2.05) is 11.8 Å². The lowest BCUT2D eigenvalue weighted by Gasteiger charge is -2.28. The van der Waals surface area contributed by atoms with E-state index < -0.39 is 0 Å². The first-order valence-corrected chi connectivity index (χ1v) is 9.99. The van der Waals surface area contributed by atoms with E-state index in [2.05, 4.69) is 76.9 Å². The lowest BCUT2D eigenvalue weighted by Crippen LogP contribution is -2.43. The van der Waals surface area contributed by atoms with Crippen molar-refractivity contribution < 1.29 is 0 Å². The van der Waals surface area contributed by atoms with Crippen LogP contribution in [0, 0.1) is 0 Å². The Labute approximate surface area is 154 Å². The molecule has 1 aliphatic rings. The van der Waals surface area contributed by atoms with E-state index in [0.29, 0.717) is 0 Å². The number of benzene rings is 3. The second-order valence-electron chi connectivity index (χ2n) is 6.56.